The van der Waals surface area contributed by atoms with E-state index in [0.717, 1.165) is 0 Å². The number of anilines is 1. The highest BCUT2D eigenvalue weighted by Gasteiger charge is 2.06. The van der Waals surface area contributed by atoms with Crippen LogP contribution in [0.5, 0.6) is 0 Å². The number of rotatable bonds is 4. The van der Waals surface area contributed by atoms with Gasteiger partial charge in [0.1, 0.15) is 0 Å². The molecule has 2 heterocycles. The second-order valence-electron chi connectivity index (χ2n) is 3.26. The van der Waals surface area contributed by atoms with Gasteiger partial charge in [0.05, 0.1) is 11.6 Å². The molecule has 15 heavy (non-hydrogen) atoms. The molecule has 0 aromatic carbocycles. The van der Waals surface area contributed by atoms with Crippen molar-refractivity contribution in [3.8, 4) is 9.75 Å². The van der Waals surface area contributed by atoms with Crippen LogP contribution in [0.4, 0.5) is 5.00 Å². The first-order chi connectivity index (χ1) is 7.31. The molecule has 0 fully saturated rings. The molecule has 0 aliphatic rings. The fourth-order valence-electron chi connectivity index (χ4n) is 1.34. The zero-order valence-electron chi connectivity index (χ0n) is 8.51. The fraction of sp³-hybridized carbons (Fsp3) is 0.273. The average Bonchev–Trinajstić information content (AvgIpc) is 2.89. The number of nitrogens with zero attached hydrogens (tertiary/aromatic N) is 1. The Labute approximate surface area is 97.4 Å². The SMILES string of the molecule is CN(CCO)c1ccc(-c2cccs2)s1. The van der Waals surface area contributed by atoms with Gasteiger partial charge < -0.3 is 10.0 Å². The topological polar surface area (TPSA) is 23.5 Å². The fourth-order valence-corrected chi connectivity index (χ4v) is 3.17. The van der Waals surface area contributed by atoms with Gasteiger partial charge in [-0.05, 0) is 23.6 Å². The van der Waals surface area contributed by atoms with E-state index in [4.69, 9.17) is 5.11 Å². The maximum Gasteiger partial charge on any atom is 0.0913 e. The van der Waals surface area contributed by atoms with E-state index in [1.807, 2.05) is 7.05 Å². The molecule has 1 N–H and O–H groups in total. The minimum Gasteiger partial charge on any atom is -0.395 e. The van der Waals surface area contributed by atoms with Gasteiger partial charge in [-0.1, -0.05) is 6.07 Å². The van der Waals surface area contributed by atoms with Crippen molar-refractivity contribution in [2.75, 3.05) is 25.1 Å². The Balaban J connectivity index is 2.17. The molecule has 2 aromatic heterocycles. The van der Waals surface area contributed by atoms with E-state index in [9.17, 15) is 0 Å². The van der Waals surface area contributed by atoms with Crippen molar-refractivity contribution in [1.82, 2.24) is 0 Å². The lowest BCUT2D eigenvalue weighted by atomic mass is 10.4. The molecule has 0 saturated heterocycles. The van der Waals surface area contributed by atoms with Crippen LogP contribution < -0.4 is 4.90 Å². The number of aliphatic hydroxyl groups is 1. The van der Waals surface area contributed by atoms with E-state index in [1.165, 1.54) is 14.8 Å². The number of hydrogen-bond acceptors (Lipinski definition) is 4. The lowest BCUT2D eigenvalue weighted by Crippen LogP contribution is -2.19. The molecule has 2 aromatic rings. The first kappa shape index (κ1) is 10.7. The number of aliphatic hydroxyl groups excluding tert-OH is 1. The normalized spacial score (nSPS) is 10.5. The van der Waals surface area contributed by atoms with Crippen LogP contribution in [0.3, 0.4) is 0 Å². The molecule has 0 aliphatic carbocycles. The zero-order valence-corrected chi connectivity index (χ0v) is 10.1. The van der Waals surface area contributed by atoms with Gasteiger partial charge in [0.2, 0.25) is 0 Å². The smallest absolute Gasteiger partial charge is 0.0913 e. The van der Waals surface area contributed by atoms with Crippen molar-refractivity contribution in [3.63, 3.8) is 0 Å². The van der Waals surface area contributed by atoms with Crippen molar-refractivity contribution in [1.29, 1.82) is 0 Å². The molecule has 0 aliphatic heterocycles. The molecule has 0 radical (unpaired) electrons. The monoisotopic (exact) mass is 239 g/mol. The second kappa shape index (κ2) is 4.79. The van der Waals surface area contributed by atoms with Crippen molar-refractivity contribution >= 4 is 27.7 Å². The number of hydrogen-bond donors (Lipinski definition) is 1. The van der Waals surface area contributed by atoms with Crippen LogP contribution in [0.15, 0.2) is 29.6 Å². The third-order valence-corrected chi connectivity index (χ3v) is 4.43. The average molecular weight is 239 g/mol. The van der Waals surface area contributed by atoms with E-state index >= 15 is 0 Å². The Morgan fingerprint density at radius 2 is 2.13 bits per heavy atom. The van der Waals surface area contributed by atoms with Crippen molar-refractivity contribution in [2.45, 2.75) is 0 Å². The third kappa shape index (κ3) is 2.40. The molecule has 0 saturated carbocycles. The third-order valence-electron chi connectivity index (χ3n) is 2.17. The predicted octanol–water partition coefficient (Wildman–Crippen LogP) is 2.91. The lowest BCUT2D eigenvalue weighted by molar-refractivity contribution is 0.304. The van der Waals surface area contributed by atoms with Gasteiger partial charge in [0, 0.05) is 23.3 Å². The van der Waals surface area contributed by atoms with Gasteiger partial charge in [-0.2, -0.15) is 0 Å². The summed E-state index contributed by atoms with van der Waals surface area (Å²) in [6, 6.07) is 8.44. The van der Waals surface area contributed by atoms with E-state index in [2.05, 4.69) is 34.5 Å². The van der Waals surface area contributed by atoms with Crippen molar-refractivity contribution in [3.05, 3.63) is 29.6 Å². The summed E-state index contributed by atoms with van der Waals surface area (Å²) in [7, 11) is 2.00. The molecule has 80 valence electrons. The molecule has 0 atom stereocenters. The van der Waals surface area contributed by atoms with E-state index in [-0.39, 0.29) is 6.61 Å². The van der Waals surface area contributed by atoms with Gasteiger partial charge in [-0.25, -0.2) is 0 Å². The summed E-state index contributed by atoms with van der Waals surface area (Å²) in [5, 5.41) is 12.1. The molecule has 2 rings (SSSR count). The first-order valence-electron chi connectivity index (χ1n) is 4.77. The van der Waals surface area contributed by atoms with Crippen LogP contribution in [0, 0.1) is 0 Å². The molecule has 0 unspecified atom stereocenters. The summed E-state index contributed by atoms with van der Waals surface area (Å²) >= 11 is 3.52. The van der Waals surface area contributed by atoms with Gasteiger partial charge in [0.15, 0.2) is 0 Å². The summed E-state index contributed by atoms with van der Waals surface area (Å²) in [4.78, 5) is 4.68. The van der Waals surface area contributed by atoms with Crippen LogP contribution in [-0.2, 0) is 0 Å². The minimum absolute atomic E-state index is 0.197. The Kier molecular flexibility index (Phi) is 3.41. The molecule has 4 heteroatoms. The minimum atomic E-state index is 0.197. The predicted molar refractivity (Wildman–Crippen MR) is 68.0 cm³/mol. The largest absolute Gasteiger partial charge is 0.395 e. The quantitative estimate of drug-likeness (QED) is 0.887. The Hall–Kier alpha value is -0.840. The van der Waals surface area contributed by atoms with Crippen LogP contribution >= 0.6 is 22.7 Å². The summed E-state index contributed by atoms with van der Waals surface area (Å²) in [6.07, 6.45) is 0. The van der Waals surface area contributed by atoms with Crippen LogP contribution in [0.2, 0.25) is 0 Å². The van der Waals surface area contributed by atoms with E-state index in [1.54, 1.807) is 22.7 Å². The summed E-state index contributed by atoms with van der Waals surface area (Å²) in [6.45, 7) is 0.882. The van der Waals surface area contributed by atoms with E-state index < -0.39 is 0 Å². The van der Waals surface area contributed by atoms with Gasteiger partial charge >= 0.3 is 0 Å². The Bertz CT molecular complexity index is 408. The maximum atomic E-state index is 8.85. The van der Waals surface area contributed by atoms with Gasteiger partial charge in [-0.15, -0.1) is 22.7 Å². The molecular weight excluding hydrogens is 226 g/mol. The number of thiophene rings is 2. The molecule has 0 amide bonds. The zero-order chi connectivity index (χ0) is 10.7. The summed E-state index contributed by atoms with van der Waals surface area (Å²) in [5.41, 5.74) is 0. The summed E-state index contributed by atoms with van der Waals surface area (Å²) in [5.74, 6) is 0. The van der Waals surface area contributed by atoms with Crippen molar-refractivity contribution in [2.24, 2.45) is 0 Å². The van der Waals surface area contributed by atoms with Crippen molar-refractivity contribution < 1.29 is 5.11 Å². The first-order valence-corrected chi connectivity index (χ1v) is 6.46. The van der Waals surface area contributed by atoms with Gasteiger partial charge in [0.25, 0.3) is 0 Å². The highest BCUT2D eigenvalue weighted by molar-refractivity contribution is 7.23. The van der Waals surface area contributed by atoms with Crippen LogP contribution in [0.1, 0.15) is 0 Å². The molecule has 0 bridgehead atoms. The lowest BCUT2D eigenvalue weighted by Gasteiger charge is -2.14. The Morgan fingerprint density at radius 1 is 1.27 bits per heavy atom. The number of likely N-dealkylation sites (N-methyl/N-ethyl adjacent to an activating group) is 1. The summed E-state index contributed by atoms with van der Waals surface area (Å²) < 4.78 is 0. The highest BCUT2D eigenvalue weighted by atomic mass is 32.1. The second-order valence-corrected chi connectivity index (χ2v) is 5.27. The highest BCUT2D eigenvalue weighted by Crippen LogP contribution is 2.35. The molecular formula is C11H13NOS2. The standard InChI is InChI=1S/C11H13NOS2/c1-12(6-7-13)11-5-4-10(15-11)9-3-2-8-14-9/h2-5,8,13H,6-7H2,1H3. The molecule has 2 nitrogen and oxygen atoms in total. The maximum absolute atomic E-state index is 8.85. The van der Waals surface area contributed by atoms with E-state index in [0.29, 0.717) is 6.54 Å². The molecule has 0 spiro atoms. The Morgan fingerprint density at radius 3 is 2.80 bits per heavy atom. The van der Waals surface area contributed by atoms with Crippen LogP contribution in [-0.4, -0.2) is 25.3 Å². The van der Waals surface area contributed by atoms with Crippen LogP contribution in [0.25, 0.3) is 9.75 Å². The van der Waals surface area contributed by atoms with Gasteiger partial charge in [-0.3, -0.25) is 0 Å².